The van der Waals surface area contributed by atoms with Crippen molar-refractivity contribution in [2.75, 3.05) is 6.26 Å². The van der Waals surface area contributed by atoms with Crippen molar-refractivity contribution < 1.29 is 71.2 Å². The van der Waals surface area contributed by atoms with Crippen LogP contribution < -0.4 is 5.46 Å². The van der Waals surface area contributed by atoms with E-state index in [0.29, 0.717) is 38.2 Å². The normalized spacial score (nSPS) is 12.1. The molecule has 2 heterocycles. The van der Waals surface area contributed by atoms with Gasteiger partial charge in [0.1, 0.15) is 0 Å². The molecular weight excluding hydrogens is 1070 g/mol. The standard InChI is InChI=1S/C24H16F6N2O2S.C17H9BrF6N2.C6H6BClO2/c1-35(33,34)18-6-4-5-16(13-18)15-9-11-17(12-10-15)32-21(14-22(31-32)24(28,29)30)19-7-2-3-8-20(19)23(25,26)27;18-10-5-7-11(8-6-10)26-14(9-15(25-26)17(22,23)24)12-3-1-2-4-13(12)16(19,20)21;8-6-4-2-1-3-5(6)7(9)10/h2-14H,1H3;1-9H;1-4,9-10H. The van der Waals surface area contributed by atoms with Crippen LogP contribution in [0.5, 0.6) is 0 Å². The Morgan fingerprint density at radius 1 is 0.521 bits per heavy atom. The second-order valence-electron chi connectivity index (χ2n) is 15.0. The zero-order valence-electron chi connectivity index (χ0n) is 35.8. The predicted octanol–water partition coefficient (Wildman–Crippen LogP) is 13.0. The largest absolute Gasteiger partial charge is 0.489 e. The average molecular weight is 1100 g/mol. The molecule has 0 spiro atoms. The molecule has 71 heavy (non-hydrogen) atoms. The molecule has 0 saturated carbocycles. The predicted molar refractivity (Wildman–Crippen MR) is 246 cm³/mol. The van der Waals surface area contributed by atoms with Crippen molar-refractivity contribution in [1.29, 1.82) is 0 Å². The molecule has 0 aliphatic carbocycles. The number of hydrogen-bond acceptors (Lipinski definition) is 6. The highest BCUT2D eigenvalue weighted by Crippen LogP contribution is 2.42. The Kier molecular flexibility index (Phi) is 16.1. The van der Waals surface area contributed by atoms with E-state index in [0.717, 1.165) is 46.0 Å². The zero-order valence-corrected chi connectivity index (χ0v) is 38.9. The van der Waals surface area contributed by atoms with E-state index in [-0.39, 0.29) is 33.2 Å². The van der Waals surface area contributed by atoms with E-state index < -0.39 is 69.7 Å². The van der Waals surface area contributed by atoms with E-state index in [1.165, 1.54) is 66.7 Å². The maximum Gasteiger partial charge on any atom is 0.489 e. The number of benzene rings is 6. The molecular formula is C47H31BBrClF12N4O4S. The fourth-order valence-corrected chi connectivity index (χ4v) is 7.86. The summed E-state index contributed by atoms with van der Waals surface area (Å²) in [6, 6.07) is 34.5. The van der Waals surface area contributed by atoms with Crippen LogP contribution in [0.2, 0.25) is 5.02 Å². The average Bonchev–Trinajstić information content (AvgIpc) is 3.97. The van der Waals surface area contributed by atoms with Crippen LogP contribution in [0.3, 0.4) is 0 Å². The van der Waals surface area contributed by atoms with Gasteiger partial charge in [-0.25, -0.2) is 17.8 Å². The van der Waals surface area contributed by atoms with Gasteiger partial charge in [-0.15, -0.1) is 0 Å². The number of aromatic nitrogens is 4. The SMILES string of the molecule is CS(=O)(=O)c1cccc(-c2ccc(-n3nc(C(F)(F)F)cc3-c3ccccc3C(F)(F)F)cc2)c1.FC(F)(F)c1cc(-c2ccccc2C(F)(F)F)n(-c2ccc(Br)cc2)n1.OB(O)c1ccccc1Cl. The van der Waals surface area contributed by atoms with E-state index in [4.69, 9.17) is 21.6 Å². The van der Waals surface area contributed by atoms with Gasteiger partial charge in [0, 0.05) is 32.3 Å². The fourth-order valence-electron chi connectivity index (χ4n) is 6.69. The Hall–Kier alpha value is -6.40. The molecule has 0 aliphatic heterocycles. The van der Waals surface area contributed by atoms with Gasteiger partial charge in [-0.05, 0) is 90.0 Å². The Morgan fingerprint density at radius 2 is 0.944 bits per heavy atom. The Bertz CT molecular complexity index is 3250. The summed E-state index contributed by atoms with van der Waals surface area (Å²) in [5, 5.41) is 24.8. The maximum absolute atomic E-state index is 13.6. The molecule has 0 aliphatic rings. The van der Waals surface area contributed by atoms with Gasteiger partial charge in [-0.3, -0.25) is 0 Å². The number of hydrogen-bond donors (Lipinski definition) is 2. The van der Waals surface area contributed by atoms with Gasteiger partial charge in [0.15, 0.2) is 21.2 Å². The number of sulfone groups is 1. The second-order valence-corrected chi connectivity index (χ2v) is 18.3. The molecule has 370 valence electrons. The highest BCUT2D eigenvalue weighted by Gasteiger charge is 2.40. The first-order valence-corrected chi connectivity index (χ1v) is 23.1. The minimum Gasteiger partial charge on any atom is -0.423 e. The second kappa shape index (κ2) is 21.1. The van der Waals surface area contributed by atoms with Crippen molar-refractivity contribution in [1.82, 2.24) is 19.6 Å². The quantitative estimate of drug-likeness (QED) is 0.122. The lowest BCUT2D eigenvalue weighted by atomic mass is 9.80. The first-order chi connectivity index (χ1) is 33.0. The van der Waals surface area contributed by atoms with Crippen LogP contribution in [0.1, 0.15) is 22.5 Å². The number of halogens is 14. The van der Waals surface area contributed by atoms with Crippen molar-refractivity contribution >= 4 is 49.9 Å². The fraction of sp³-hybridized carbons (Fsp3) is 0.106. The summed E-state index contributed by atoms with van der Waals surface area (Å²) in [4.78, 5) is 0.0898. The minimum atomic E-state index is -4.88. The number of nitrogens with zero attached hydrogens (tertiary/aromatic N) is 4. The van der Waals surface area contributed by atoms with Gasteiger partial charge >= 0.3 is 31.8 Å². The summed E-state index contributed by atoms with van der Waals surface area (Å²) < 4.78 is 186. The number of alkyl halides is 12. The maximum atomic E-state index is 13.6. The van der Waals surface area contributed by atoms with Crippen molar-refractivity contribution in [3.05, 3.63) is 190 Å². The van der Waals surface area contributed by atoms with Crippen LogP contribution in [-0.2, 0) is 34.5 Å². The summed E-state index contributed by atoms with van der Waals surface area (Å²) in [5.41, 5.74) is -4.52. The lowest BCUT2D eigenvalue weighted by molar-refractivity contribution is -0.142. The molecule has 0 saturated heterocycles. The Labute approximate surface area is 409 Å². The molecule has 0 fully saturated rings. The van der Waals surface area contributed by atoms with Crippen LogP contribution in [0.15, 0.2) is 167 Å². The smallest absolute Gasteiger partial charge is 0.423 e. The van der Waals surface area contributed by atoms with Crippen molar-refractivity contribution in [2.45, 2.75) is 29.6 Å². The minimum absolute atomic E-state index is 0.0898. The van der Waals surface area contributed by atoms with Crippen LogP contribution >= 0.6 is 27.5 Å². The molecule has 8 aromatic rings. The van der Waals surface area contributed by atoms with E-state index in [2.05, 4.69) is 26.1 Å². The van der Waals surface area contributed by atoms with E-state index >= 15 is 0 Å². The number of rotatable bonds is 7. The van der Waals surface area contributed by atoms with Crippen LogP contribution in [-0.4, -0.2) is 51.4 Å². The molecule has 8 rings (SSSR count). The summed E-state index contributed by atoms with van der Waals surface area (Å²) in [7, 11) is -4.94. The van der Waals surface area contributed by atoms with Gasteiger partial charge in [0.25, 0.3) is 0 Å². The third kappa shape index (κ3) is 13.3. The first-order valence-electron chi connectivity index (χ1n) is 20.0. The molecule has 0 amide bonds. The third-order valence-electron chi connectivity index (χ3n) is 9.98. The molecule has 0 radical (unpaired) electrons. The lowest BCUT2D eigenvalue weighted by Gasteiger charge is -2.14. The topological polar surface area (TPSA) is 110 Å². The molecule has 2 aromatic heterocycles. The van der Waals surface area contributed by atoms with Crippen molar-refractivity contribution in [3.63, 3.8) is 0 Å². The molecule has 2 N–H and O–H groups in total. The molecule has 6 aromatic carbocycles. The van der Waals surface area contributed by atoms with Gasteiger partial charge in [0.05, 0.1) is 38.8 Å². The summed E-state index contributed by atoms with van der Waals surface area (Å²) >= 11 is 8.80. The van der Waals surface area contributed by atoms with Gasteiger partial charge in [-0.1, -0.05) is 106 Å². The lowest BCUT2D eigenvalue weighted by Crippen LogP contribution is -2.30. The van der Waals surface area contributed by atoms with Crippen LogP contribution in [0.25, 0.3) is 45.0 Å². The monoisotopic (exact) mass is 1100 g/mol. The molecule has 0 unspecified atom stereocenters. The highest BCUT2D eigenvalue weighted by molar-refractivity contribution is 9.10. The Morgan fingerprint density at radius 3 is 1.34 bits per heavy atom. The summed E-state index contributed by atoms with van der Waals surface area (Å²) in [6.45, 7) is 0. The van der Waals surface area contributed by atoms with Gasteiger partial charge in [0.2, 0.25) is 0 Å². The van der Waals surface area contributed by atoms with Gasteiger partial charge < -0.3 is 10.0 Å². The summed E-state index contributed by atoms with van der Waals surface area (Å²) in [5.74, 6) is 0. The van der Waals surface area contributed by atoms with E-state index in [1.807, 2.05) is 0 Å². The molecule has 0 atom stereocenters. The highest BCUT2D eigenvalue weighted by atomic mass is 79.9. The van der Waals surface area contributed by atoms with Crippen molar-refractivity contribution in [3.8, 4) is 45.0 Å². The van der Waals surface area contributed by atoms with E-state index in [1.54, 1.807) is 48.5 Å². The van der Waals surface area contributed by atoms with E-state index in [9.17, 15) is 61.1 Å². The third-order valence-corrected chi connectivity index (χ3v) is 12.0. The van der Waals surface area contributed by atoms with Crippen LogP contribution in [0.4, 0.5) is 52.7 Å². The van der Waals surface area contributed by atoms with Crippen molar-refractivity contribution in [2.24, 2.45) is 0 Å². The molecule has 8 nitrogen and oxygen atoms in total. The zero-order chi connectivity index (χ0) is 52.3. The summed E-state index contributed by atoms with van der Waals surface area (Å²) in [6.07, 6.45) is -18.1. The Balaban J connectivity index is 0.000000200. The first kappa shape index (κ1) is 53.9. The molecule has 0 bridgehead atoms. The van der Waals surface area contributed by atoms with Crippen LogP contribution in [0, 0.1) is 0 Å². The van der Waals surface area contributed by atoms with Gasteiger partial charge in [-0.2, -0.15) is 62.9 Å². The molecule has 24 heteroatoms.